The molecule has 1 aliphatic carbocycles. The zero-order chi connectivity index (χ0) is 8.72. The fourth-order valence-electron chi connectivity index (χ4n) is 1.36. The van der Waals surface area contributed by atoms with Gasteiger partial charge in [-0.05, 0) is 26.7 Å². The van der Waals surface area contributed by atoms with E-state index in [4.69, 9.17) is 5.73 Å². The van der Waals surface area contributed by atoms with E-state index in [0.29, 0.717) is 12.0 Å². The second-order valence-electron chi connectivity index (χ2n) is 3.82. The van der Waals surface area contributed by atoms with Crippen LogP contribution in [0.4, 0.5) is 5.69 Å². The van der Waals surface area contributed by atoms with Crippen LogP contribution in [0.1, 0.15) is 44.3 Å². The van der Waals surface area contributed by atoms with Gasteiger partial charge in [-0.15, -0.1) is 0 Å². The fraction of sp³-hybridized carbons (Fsp3) is 0.667. The standard InChI is InChI=1S/C9H15N3/c1-6(2)12-5-8(10)9(11-12)7-3-4-7/h5-7H,3-4,10H2,1-2H3. The molecule has 1 aromatic rings. The molecule has 0 radical (unpaired) electrons. The second-order valence-corrected chi connectivity index (χ2v) is 3.82. The summed E-state index contributed by atoms with van der Waals surface area (Å²) in [7, 11) is 0. The zero-order valence-corrected chi connectivity index (χ0v) is 7.62. The summed E-state index contributed by atoms with van der Waals surface area (Å²) in [4.78, 5) is 0. The van der Waals surface area contributed by atoms with Gasteiger partial charge in [0.05, 0.1) is 11.4 Å². The van der Waals surface area contributed by atoms with Crippen molar-refractivity contribution in [1.29, 1.82) is 0 Å². The van der Waals surface area contributed by atoms with Crippen LogP contribution in [0.5, 0.6) is 0 Å². The molecule has 0 saturated heterocycles. The van der Waals surface area contributed by atoms with Gasteiger partial charge < -0.3 is 5.73 Å². The highest BCUT2D eigenvalue weighted by Gasteiger charge is 2.28. The van der Waals surface area contributed by atoms with Gasteiger partial charge in [-0.25, -0.2) is 0 Å². The van der Waals surface area contributed by atoms with Crippen LogP contribution in [0, 0.1) is 0 Å². The molecule has 66 valence electrons. The van der Waals surface area contributed by atoms with E-state index in [2.05, 4.69) is 18.9 Å². The van der Waals surface area contributed by atoms with Crippen molar-refractivity contribution in [3.8, 4) is 0 Å². The number of nitrogens with two attached hydrogens (primary N) is 1. The van der Waals surface area contributed by atoms with E-state index < -0.39 is 0 Å². The molecule has 1 fully saturated rings. The van der Waals surface area contributed by atoms with Crippen LogP contribution in [0.2, 0.25) is 0 Å². The molecule has 1 saturated carbocycles. The maximum absolute atomic E-state index is 5.84. The number of hydrogen-bond donors (Lipinski definition) is 1. The van der Waals surface area contributed by atoms with Crippen molar-refractivity contribution in [2.24, 2.45) is 0 Å². The van der Waals surface area contributed by atoms with Crippen molar-refractivity contribution in [3.05, 3.63) is 11.9 Å². The third kappa shape index (κ3) is 1.19. The summed E-state index contributed by atoms with van der Waals surface area (Å²) in [5, 5.41) is 4.46. The van der Waals surface area contributed by atoms with Crippen LogP contribution in [-0.2, 0) is 0 Å². The molecule has 0 amide bonds. The molecular formula is C9H15N3. The average molecular weight is 165 g/mol. The molecule has 3 nitrogen and oxygen atoms in total. The van der Waals surface area contributed by atoms with Crippen molar-refractivity contribution in [2.75, 3.05) is 5.73 Å². The van der Waals surface area contributed by atoms with Gasteiger partial charge in [-0.2, -0.15) is 5.10 Å². The Morgan fingerprint density at radius 3 is 2.67 bits per heavy atom. The maximum Gasteiger partial charge on any atom is 0.0884 e. The Morgan fingerprint density at radius 2 is 2.25 bits per heavy atom. The summed E-state index contributed by atoms with van der Waals surface area (Å²) in [6.07, 6.45) is 4.47. The smallest absolute Gasteiger partial charge is 0.0884 e. The van der Waals surface area contributed by atoms with Gasteiger partial charge >= 0.3 is 0 Å². The minimum Gasteiger partial charge on any atom is -0.396 e. The lowest BCUT2D eigenvalue weighted by Gasteiger charge is -2.02. The lowest BCUT2D eigenvalue weighted by Crippen LogP contribution is -2.01. The molecule has 3 heteroatoms. The third-order valence-electron chi connectivity index (χ3n) is 2.28. The highest BCUT2D eigenvalue weighted by Crippen LogP contribution is 2.41. The first kappa shape index (κ1) is 7.65. The van der Waals surface area contributed by atoms with Crippen LogP contribution in [-0.4, -0.2) is 9.78 Å². The molecule has 0 spiro atoms. The molecule has 1 heterocycles. The molecule has 1 aliphatic rings. The van der Waals surface area contributed by atoms with E-state index in [0.717, 1.165) is 11.4 Å². The quantitative estimate of drug-likeness (QED) is 0.727. The van der Waals surface area contributed by atoms with E-state index in [-0.39, 0.29) is 0 Å². The second kappa shape index (κ2) is 2.51. The Kier molecular flexibility index (Phi) is 1.60. The molecular weight excluding hydrogens is 150 g/mol. The van der Waals surface area contributed by atoms with Gasteiger partial charge in [-0.3, -0.25) is 4.68 Å². The highest BCUT2D eigenvalue weighted by molar-refractivity contribution is 5.44. The van der Waals surface area contributed by atoms with Gasteiger partial charge in [0.2, 0.25) is 0 Å². The Labute approximate surface area is 72.6 Å². The fourth-order valence-corrected chi connectivity index (χ4v) is 1.36. The van der Waals surface area contributed by atoms with Crippen LogP contribution in [0.15, 0.2) is 6.20 Å². The molecule has 0 unspecified atom stereocenters. The van der Waals surface area contributed by atoms with Crippen molar-refractivity contribution in [3.63, 3.8) is 0 Å². The topological polar surface area (TPSA) is 43.8 Å². The maximum atomic E-state index is 5.84. The Morgan fingerprint density at radius 1 is 1.58 bits per heavy atom. The van der Waals surface area contributed by atoms with Crippen LogP contribution in [0.3, 0.4) is 0 Å². The monoisotopic (exact) mass is 165 g/mol. The first-order valence-electron chi connectivity index (χ1n) is 4.53. The Bertz CT molecular complexity index is 284. The average Bonchev–Trinajstić information content (AvgIpc) is 2.75. The van der Waals surface area contributed by atoms with E-state index >= 15 is 0 Å². The lowest BCUT2D eigenvalue weighted by atomic mass is 10.3. The molecule has 0 aromatic carbocycles. The Balaban J connectivity index is 2.30. The molecule has 2 rings (SSSR count). The Hall–Kier alpha value is -0.990. The van der Waals surface area contributed by atoms with Gasteiger partial charge in [0.25, 0.3) is 0 Å². The number of anilines is 1. The summed E-state index contributed by atoms with van der Waals surface area (Å²) in [6, 6.07) is 0.416. The number of rotatable bonds is 2. The first-order chi connectivity index (χ1) is 5.68. The summed E-state index contributed by atoms with van der Waals surface area (Å²) in [5.41, 5.74) is 7.82. The van der Waals surface area contributed by atoms with E-state index in [1.807, 2.05) is 10.9 Å². The van der Waals surface area contributed by atoms with E-state index in [9.17, 15) is 0 Å². The van der Waals surface area contributed by atoms with Crippen molar-refractivity contribution in [2.45, 2.75) is 38.6 Å². The number of hydrogen-bond acceptors (Lipinski definition) is 2. The predicted molar refractivity (Wildman–Crippen MR) is 49.0 cm³/mol. The summed E-state index contributed by atoms with van der Waals surface area (Å²) < 4.78 is 1.95. The van der Waals surface area contributed by atoms with Crippen LogP contribution < -0.4 is 5.73 Å². The predicted octanol–water partition coefficient (Wildman–Crippen LogP) is 1.92. The highest BCUT2D eigenvalue weighted by atomic mass is 15.3. The van der Waals surface area contributed by atoms with Gasteiger partial charge in [-0.1, -0.05) is 0 Å². The molecule has 0 aliphatic heterocycles. The SMILES string of the molecule is CC(C)n1cc(N)c(C2CC2)n1. The number of nitrogen functional groups attached to an aromatic ring is 1. The summed E-state index contributed by atoms with van der Waals surface area (Å²) in [5.74, 6) is 0.657. The van der Waals surface area contributed by atoms with Crippen molar-refractivity contribution >= 4 is 5.69 Å². The van der Waals surface area contributed by atoms with Crippen LogP contribution in [0.25, 0.3) is 0 Å². The van der Waals surface area contributed by atoms with Crippen molar-refractivity contribution < 1.29 is 0 Å². The van der Waals surface area contributed by atoms with Gasteiger partial charge in [0, 0.05) is 18.2 Å². The number of nitrogens with zero attached hydrogens (tertiary/aromatic N) is 2. The van der Waals surface area contributed by atoms with Gasteiger partial charge in [0.15, 0.2) is 0 Å². The largest absolute Gasteiger partial charge is 0.396 e. The summed E-state index contributed by atoms with van der Waals surface area (Å²) >= 11 is 0. The minimum absolute atomic E-state index is 0.416. The zero-order valence-electron chi connectivity index (χ0n) is 7.62. The normalized spacial score (nSPS) is 17.2. The molecule has 0 bridgehead atoms. The van der Waals surface area contributed by atoms with Crippen molar-refractivity contribution in [1.82, 2.24) is 9.78 Å². The molecule has 1 aromatic heterocycles. The van der Waals surface area contributed by atoms with E-state index in [1.165, 1.54) is 12.8 Å². The van der Waals surface area contributed by atoms with Gasteiger partial charge in [0.1, 0.15) is 0 Å². The number of aromatic nitrogens is 2. The first-order valence-corrected chi connectivity index (χ1v) is 4.53. The molecule has 2 N–H and O–H groups in total. The lowest BCUT2D eigenvalue weighted by molar-refractivity contribution is 0.526. The minimum atomic E-state index is 0.416. The molecule has 0 atom stereocenters. The van der Waals surface area contributed by atoms with Crippen LogP contribution >= 0.6 is 0 Å². The molecule has 12 heavy (non-hydrogen) atoms. The third-order valence-corrected chi connectivity index (χ3v) is 2.28. The van der Waals surface area contributed by atoms with E-state index in [1.54, 1.807) is 0 Å². The summed E-state index contributed by atoms with van der Waals surface area (Å²) in [6.45, 7) is 4.23.